The molecule has 0 fully saturated rings. The molecule has 0 aliphatic carbocycles. The minimum absolute atomic E-state index is 0.858. The highest BCUT2D eigenvalue weighted by Crippen LogP contribution is 2.19. The summed E-state index contributed by atoms with van der Waals surface area (Å²) in [5, 5.41) is 0. The van der Waals surface area contributed by atoms with Crippen molar-refractivity contribution >= 4 is 0 Å². The van der Waals surface area contributed by atoms with E-state index in [0.717, 1.165) is 11.5 Å². The highest BCUT2D eigenvalue weighted by molar-refractivity contribution is 5.31. The molecule has 2 aromatic rings. The molecule has 1 aromatic heterocycles. The van der Waals surface area contributed by atoms with Crippen LogP contribution in [0.1, 0.15) is 5.56 Å². The summed E-state index contributed by atoms with van der Waals surface area (Å²) in [6.07, 6.45) is 3.92. The van der Waals surface area contributed by atoms with Gasteiger partial charge < -0.3 is 4.74 Å². The van der Waals surface area contributed by atoms with E-state index in [1.54, 1.807) is 0 Å². The Balaban J connectivity index is 2.15. The van der Waals surface area contributed by atoms with Gasteiger partial charge in [0.05, 0.1) is 0 Å². The minimum atomic E-state index is 0.858. The monoisotopic (exact) mass is 200 g/mol. The van der Waals surface area contributed by atoms with E-state index in [1.165, 1.54) is 5.56 Å². The average Bonchev–Trinajstić information content (AvgIpc) is 2.25. The van der Waals surface area contributed by atoms with Gasteiger partial charge in [-0.2, -0.15) is 0 Å². The Morgan fingerprint density at radius 3 is 2.00 bits per heavy atom. The van der Waals surface area contributed by atoms with Gasteiger partial charge in [-0.1, -0.05) is 17.7 Å². The molecule has 76 valence electrons. The van der Waals surface area contributed by atoms with Crippen LogP contribution >= 0.6 is 0 Å². The maximum atomic E-state index is 5.68. The molecule has 15 heavy (non-hydrogen) atoms. The fourth-order valence-electron chi connectivity index (χ4n) is 1.30. The van der Waals surface area contributed by atoms with Gasteiger partial charge in [0, 0.05) is 12.1 Å². The van der Waals surface area contributed by atoms with E-state index in [0.29, 0.717) is 0 Å². The zero-order valence-corrected chi connectivity index (χ0v) is 8.97. The average molecular weight is 200 g/mol. The SMILES string of the molecule is Cc1ccc(Oc2cc[n+](C)cc2)cc1. The van der Waals surface area contributed by atoms with Gasteiger partial charge in [-0.05, 0) is 19.1 Å². The Morgan fingerprint density at radius 2 is 1.40 bits per heavy atom. The number of hydrogen-bond acceptors (Lipinski definition) is 1. The molecule has 0 aliphatic rings. The minimum Gasteiger partial charge on any atom is -0.457 e. The topological polar surface area (TPSA) is 13.1 Å². The molecule has 0 saturated heterocycles. The second kappa shape index (κ2) is 4.13. The number of aromatic nitrogens is 1. The van der Waals surface area contributed by atoms with Gasteiger partial charge in [0.15, 0.2) is 12.4 Å². The number of rotatable bonds is 2. The third kappa shape index (κ3) is 2.56. The van der Waals surface area contributed by atoms with Gasteiger partial charge in [-0.15, -0.1) is 0 Å². The molecule has 0 radical (unpaired) electrons. The standard InChI is InChI=1S/C13H14NO/c1-11-3-5-12(6-4-11)15-13-7-9-14(2)10-8-13/h3-10H,1-2H3/q+1. The van der Waals surface area contributed by atoms with Gasteiger partial charge >= 0.3 is 0 Å². The van der Waals surface area contributed by atoms with Crippen LogP contribution in [0.25, 0.3) is 0 Å². The van der Waals surface area contributed by atoms with Crippen LogP contribution in [0.3, 0.4) is 0 Å². The largest absolute Gasteiger partial charge is 0.457 e. The van der Waals surface area contributed by atoms with E-state index in [2.05, 4.69) is 6.92 Å². The summed E-state index contributed by atoms with van der Waals surface area (Å²) in [5.74, 6) is 1.73. The molecular formula is C13H14NO+. The smallest absolute Gasteiger partial charge is 0.172 e. The fourth-order valence-corrected chi connectivity index (χ4v) is 1.30. The highest BCUT2D eigenvalue weighted by atomic mass is 16.5. The summed E-state index contributed by atoms with van der Waals surface area (Å²) in [6.45, 7) is 2.06. The lowest BCUT2D eigenvalue weighted by atomic mass is 10.2. The van der Waals surface area contributed by atoms with Crippen molar-refractivity contribution in [3.63, 3.8) is 0 Å². The van der Waals surface area contributed by atoms with Gasteiger partial charge in [-0.25, -0.2) is 4.57 Å². The molecule has 0 N–H and O–H groups in total. The van der Waals surface area contributed by atoms with Crippen LogP contribution in [0.15, 0.2) is 48.8 Å². The van der Waals surface area contributed by atoms with E-state index < -0.39 is 0 Å². The Hall–Kier alpha value is -1.83. The number of benzene rings is 1. The molecule has 0 spiro atoms. The molecule has 2 heteroatoms. The maximum absolute atomic E-state index is 5.68. The summed E-state index contributed by atoms with van der Waals surface area (Å²) in [4.78, 5) is 0. The quantitative estimate of drug-likeness (QED) is 0.679. The van der Waals surface area contributed by atoms with Crippen LogP contribution in [-0.2, 0) is 7.05 Å². The zero-order chi connectivity index (χ0) is 10.7. The molecule has 2 rings (SSSR count). The first-order valence-electron chi connectivity index (χ1n) is 4.94. The van der Waals surface area contributed by atoms with Crippen molar-refractivity contribution in [2.24, 2.45) is 7.05 Å². The van der Waals surface area contributed by atoms with Crippen molar-refractivity contribution < 1.29 is 9.30 Å². The first-order chi connectivity index (χ1) is 7.24. The molecular weight excluding hydrogens is 186 g/mol. The Labute approximate surface area is 89.8 Å². The van der Waals surface area contributed by atoms with E-state index in [-0.39, 0.29) is 0 Å². The predicted octanol–water partition coefficient (Wildman–Crippen LogP) is 2.61. The number of aryl methyl sites for hydroxylation is 2. The fraction of sp³-hybridized carbons (Fsp3) is 0.154. The second-order valence-electron chi connectivity index (χ2n) is 3.61. The van der Waals surface area contributed by atoms with E-state index in [9.17, 15) is 0 Å². The molecule has 0 amide bonds. The van der Waals surface area contributed by atoms with Crippen LogP contribution in [-0.4, -0.2) is 0 Å². The second-order valence-corrected chi connectivity index (χ2v) is 3.61. The highest BCUT2D eigenvalue weighted by Gasteiger charge is 1.98. The Kier molecular flexibility index (Phi) is 2.68. The summed E-state index contributed by atoms with van der Waals surface area (Å²) < 4.78 is 7.65. The van der Waals surface area contributed by atoms with Crippen LogP contribution in [0.5, 0.6) is 11.5 Å². The third-order valence-electron chi connectivity index (χ3n) is 2.20. The predicted molar refractivity (Wildman–Crippen MR) is 58.9 cm³/mol. The lowest BCUT2D eigenvalue weighted by Gasteiger charge is -2.04. The van der Waals surface area contributed by atoms with Gasteiger partial charge in [0.2, 0.25) is 0 Å². The first-order valence-corrected chi connectivity index (χ1v) is 4.94. The van der Waals surface area contributed by atoms with Crippen LogP contribution < -0.4 is 9.30 Å². The van der Waals surface area contributed by atoms with Crippen LogP contribution in [0, 0.1) is 6.92 Å². The van der Waals surface area contributed by atoms with Crippen molar-refractivity contribution in [2.45, 2.75) is 6.92 Å². The van der Waals surface area contributed by atoms with Crippen molar-refractivity contribution in [3.05, 3.63) is 54.4 Å². The zero-order valence-electron chi connectivity index (χ0n) is 8.97. The number of pyridine rings is 1. The molecule has 1 heterocycles. The van der Waals surface area contributed by atoms with Crippen molar-refractivity contribution in [1.82, 2.24) is 0 Å². The molecule has 2 nitrogen and oxygen atoms in total. The van der Waals surface area contributed by atoms with Gasteiger partial charge in [0.1, 0.15) is 18.5 Å². The van der Waals surface area contributed by atoms with E-state index in [4.69, 9.17) is 4.74 Å². The lowest BCUT2D eigenvalue weighted by molar-refractivity contribution is -0.671. The molecule has 0 aliphatic heterocycles. The van der Waals surface area contributed by atoms with Crippen molar-refractivity contribution in [3.8, 4) is 11.5 Å². The molecule has 0 unspecified atom stereocenters. The Morgan fingerprint density at radius 1 is 0.867 bits per heavy atom. The number of hydrogen-bond donors (Lipinski definition) is 0. The van der Waals surface area contributed by atoms with E-state index in [1.807, 2.05) is 60.4 Å². The summed E-state index contributed by atoms with van der Waals surface area (Å²) >= 11 is 0. The van der Waals surface area contributed by atoms with Crippen molar-refractivity contribution in [2.75, 3.05) is 0 Å². The normalized spacial score (nSPS) is 10.0. The lowest BCUT2D eigenvalue weighted by Crippen LogP contribution is -2.25. The molecule has 0 saturated carbocycles. The van der Waals surface area contributed by atoms with Gasteiger partial charge in [-0.3, -0.25) is 0 Å². The summed E-state index contributed by atoms with van der Waals surface area (Å²) in [6, 6.07) is 11.9. The van der Waals surface area contributed by atoms with Crippen LogP contribution in [0.4, 0.5) is 0 Å². The maximum Gasteiger partial charge on any atom is 0.172 e. The molecule has 0 bridgehead atoms. The van der Waals surface area contributed by atoms with E-state index >= 15 is 0 Å². The Bertz CT molecular complexity index is 388. The first kappa shape index (κ1) is 9.71. The molecule has 0 atom stereocenters. The summed E-state index contributed by atoms with van der Waals surface area (Å²) in [5.41, 5.74) is 1.24. The van der Waals surface area contributed by atoms with Gasteiger partial charge in [0.25, 0.3) is 0 Å². The third-order valence-corrected chi connectivity index (χ3v) is 2.20. The molecule has 1 aromatic carbocycles. The number of ether oxygens (including phenoxy) is 1. The van der Waals surface area contributed by atoms with Crippen molar-refractivity contribution in [1.29, 1.82) is 0 Å². The number of nitrogens with zero attached hydrogens (tertiary/aromatic N) is 1. The summed E-state index contributed by atoms with van der Waals surface area (Å²) in [7, 11) is 1.98. The van der Waals surface area contributed by atoms with Crippen LogP contribution in [0.2, 0.25) is 0 Å².